The fourth-order valence-electron chi connectivity index (χ4n) is 3.50. The minimum absolute atomic E-state index is 0.629. The predicted molar refractivity (Wildman–Crippen MR) is 85.1 cm³/mol. The minimum Gasteiger partial charge on any atom is -0.379 e. The molecule has 1 atom stereocenters. The Hall–Kier alpha value is -0.940. The van der Waals surface area contributed by atoms with Crippen molar-refractivity contribution >= 4 is 0 Å². The van der Waals surface area contributed by atoms with Crippen LogP contribution in [0.1, 0.15) is 23.1 Å². The van der Waals surface area contributed by atoms with Crippen LogP contribution in [0.25, 0.3) is 0 Å². The number of hydrogen-bond donors (Lipinski definition) is 1. The van der Waals surface area contributed by atoms with E-state index < -0.39 is 0 Å². The molecule has 1 aromatic rings. The lowest BCUT2D eigenvalue weighted by molar-refractivity contribution is 0.0184. The van der Waals surface area contributed by atoms with Crippen molar-refractivity contribution in [2.75, 3.05) is 39.4 Å². The summed E-state index contributed by atoms with van der Waals surface area (Å²) in [6, 6.07) is 7.36. The Kier molecular flexibility index (Phi) is 4.91. The quantitative estimate of drug-likeness (QED) is 0.909. The zero-order valence-electron chi connectivity index (χ0n) is 13.1. The maximum absolute atomic E-state index is 5.71. The second kappa shape index (κ2) is 6.88. The molecule has 0 radical (unpaired) electrons. The van der Waals surface area contributed by atoms with E-state index in [1.54, 1.807) is 0 Å². The van der Waals surface area contributed by atoms with Gasteiger partial charge in [0, 0.05) is 45.3 Å². The first kappa shape index (κ1) is 15.0. The number of morpholine rings is 1. The molecule has 1 aromatic carbocycles. The zero-order chi connectivity index (χ0) is 14.7. The Balaban J connectivity index is 1.56. The number of nitrogens with two attached hydrogens (primary N) is 1. The number of hydrogen-bond acceptors (Lipinski definition) is 4. The van der Waals surface area contributed by atoms with Gasteiger partial charge in [0.25, 0.3) is 0 Å². The van der Waals surface area contributed by atoms with Crippen molar-refractivity contribution in [1.29, 1.82) is 0 Å². The summed E-state index contributed by atoms with van der Waals surface area (Å²) in [5.74, 6) is 0. The molecule has 2 fully saturated rings. The molecule has 0 spiro atoms. The van der Waals surface area contributed by atoms with E-state index in [4.69, 9.17) is 10.5 Å². The molecule has 1 unspecified atom stereocenters. The standard InChI is InChI=1S/C17H27N3O/c1-14-10-15(11-18)2-3-16(14)12-19-5-4-17(13-19)20-6-8-21-9-7-20/h2-3,10,17H,4-9,11-13,18H2,1H3. The monoisotopic (exact) mass is 289 g/mol. The lowest BCUT2D eigenvalue weighted by atomic mass is 10.0. The number of nitrogens with zero attached hydrogens (tertiary/aromatic N) is 2. The van der Waals surface area contributed by atoms with Gasteiger partial charge in [0.05, 0.1) is 13.2 Å². The van der Waals surface area contributed by atoms with Gasteiger partial charge in [-0.1, -0.05) is 18.2 Å². The fraction of sp³-hybridized carbons (Fsp3) is 0.647. The number of ether oxygens (including phenoxy) is 1. The van der Waals surface area contributed by atoms with Crippen LogP contribution in [0.15, 0.2) is 18.2 Å². The van der Waals surface area contributed by atoms with E-state index >= 15 is 0 Å². The molecule has 4 nitrogen and oxygen atoms in total. The van der Waals surface area contributed by atoms with Gasteiger partial charge in [-0.15, -0.1) is 0 Å². The second-order valence-electron chi connectivity index (χ2n) is 6.29. The van der Waals surface area contributed by atoms with E-state index in [-0.39, 0.29) is 0 Å². The first-order chi connectivity index (χ1) is 10.3. The van der Waals surface area contributed by atoms with Gasteiger partial charge >= 0.3 is 0 Å². The van der Waals surface area contributed by atoms with Gasteiger partial charge in [-0.05, 0) is 30.0 Å². The van der Waals surface area contributed by atoms with E-state index in [0.29, 0.717) is 6.54 Å². The summed E-state index contributed by atoms with van der Waals surface area (Å²) in [4.78, 5) is 5.19. The van der Waals surface area contributed by atoms with Crippen molar-refractivity contribution in [3.05, 3.63) is 34.9 Å². The van der Waals surface area contributed by atoms with Crippen molar-refractivity contribution in [2.45, 2.75) is 32.5 Å². The van der Waals surface area contributed by atoms with Crippen LogP contribution in [-0.2, 0) is 17.8 Å². The van der Waals surface area contributed by atoms with Gasteiger partial charge in [0.2, 0.25) is 0 Å². The Morgan fingerprint density at radius 3 is 2.76 bits per heavy atom. The molecule has 0 aromatic heterocycles. The maximum atomic E-state index is 5.71. The molecular weight excluding hydrogens is 262 g/mol. The Morgan fingerprint density at radius 2 is 2.05 bits per heavy atom. The molecule has 116 valence electrons. The van der Waals surface area contributed by atoms with Gasteiger partial charge in [-0.3, -0.25) is 9.80 Å². The minimum atomic E-state index is 0.629. The van der Waals surface area contributed by atoms with Crippen molar-refractivity contribution in [3.8, 4) is 0 Å². The SMILES string of the molecule is Cc1cc(CN)ccc1CN1CCC(N2CCOCC2)C1. The van der Waals surface area contributed by atoms with Gasteiger partial charge < -0.3 is 10.5 Å². The molecule has 4 heteroatoms. The maximum Gasteiger partial charge on any atom is 0.0594 e. The second-order valence-corrected chi connectivity index (χ2v) is 6.29. The molecule has 0 bridgehead atoms. The third kappa shape index (κ3) is 3.64. The van der Waals surface area contributed by atoms with Crippen molar-refractivity contribution in [3.63, 3.8) is 0 Å². The van der Waals surface area contributed by atoms with Crippen LogP contribution in [0, 0.1) is 6.92 Å². The molecule has 0 aliphatic carbocycles. The largest absolute Gasteiger partial charge is 0.379 e. The van der Waals surface area contributed by atoms with Crippen LogP contribution in [-0.4, -0.2) is 55.2 Å². The summed E-state index contributed by atoms with van der Waals surface area (Å²) in [5, 5.41) is 0. The molecule has 0 saturated carbocycles. The van der Waals surface area contributed by atoms with Gasteiger partial charge in [0.15, 0.2) is 0 Å². The molecule has 2 aliphatic heterocycles. The molecule has 2 aliphatic rings. The highest BCUT2D eigenvalue weighted by Gasteiger charge is 2.28. The normalized spacial score (nSPS) is 24.6. The van der Waals surface area contributed by atoms with Gasteiger partial charge in [0.1, 0.15) is 0 Å². The molecule has 2 heterocycles. The van der Waals surface area contributed by atoms with Crippen molar-refractivity contribution < 1.29 is 4.74 Å². The Bertz CT molecular complexity index is 471. The third-order valence-corrected chi connectivity index (χ3v) is 4.85. The number of rotatable bonds is 4. The highest BCUT2D eigenvalue weighted by atomic mass is 16.5. The molecule has 2 saturated heterocycles. The molecule has 2 N–H and O–H groups in total. The molecular formula is C17H27N3O. The van der Waals surface area contributed by atoms with Crippen molar-refractivity contribution in [1.82, 2.24) is 9.80 Å². The molecule has 3 rings (SSSR count). The average molecular weight is 289 g/mol. The summed E-state index contributed by atoms with van der Waals surface area (Å²) in [5.41, 5.74) is 9.74. The summed E-state index contributed by atoms with van der Waals surface area (Å²) in [6.07, 6.45) is 1.29. The van der Waals surface area contributed by atoms with Crippen LogP contribution in [0.4, 0.5) is 0 Å². The Labute approximate surface area is 127 Å². The highest BCUT2D eigenvalue weighted by molar-refractivity contribution is 5.31. The number of aryl methyl sites for hydroxylation is 1. The third-order valence-electron chi connectivity index (χ3n) is 4.85. The summed E-state index contributed by atoms with van der Waals surface area (Å²) in [7, 11) is 0. The molecule has 0 amide bonds. The van der Waals surface area contributed by atoms with E-state index in [1.165, 1.54) is 36.2 Å². The highest BCUT2D eigenvalue weighted by Crippen LogP contribution is 2.21. The first-order valence-corrected chi connectivity index (χ1v) is 8.09. The van der Waals surface area contributed by atoms with E-state index in [2.05, 4.69) is 34.9 Å². The predicted octanol–water partition coefficient (Wildman–Crippen LogP) is 1.36. The van der Waals surface area contributed by atoms with Crippen LogP contribution in [0.3, 0.4) is 0 Å². The van der Waals surface area contributed by atoms with E-state index in [0.717, 1.165) is 38.9 Å². The topological polar surface area (TPSA) is 41.7 Å². The first-order valence-electron chi connectivity index (χ1n) is 8.09. The number of benzene rings is 1. The average Bonchev–Trinajstić information content (AvgIpc) is 2.99. The van der Waals surface area contributed by atoms with E-state index in [1.807, 2.05) is 0 Å². The van der Waals surface area contributed by atoms with Crippen LogP contribution in [0.2, 0.25) is 0 Å². The van der Waals surface area contributed by atoms with E-state index in [9.17, 15) is 0 Å². The van der Waals surface area contributed by atoms with Crippen LogP contribution >= 0.6 is 0 Å². The van der Waals surface area contributed by atoms with Gasteiger partial charge in [-0.2, -0.15) is 0 Å². The van der Waals surface area contributed by atoms with Gasteiger partial charge in [-0.25, -0.2) is 0 Å². The smallest absolute Gasteiger partial charge is 0.0594 e. The molecule has 21 heavy (non-hydrogen) atoms. The lowest BCUT2D eigenvalue weighted by Crippen LogP contribution is -2.44. The summed E-state index contributed by atoms with van der Waals surface area (Å²) < 4.78 is 5.45. The number of likely N-dealkylation sites (tertiary alicyclic amines) is 1. The van der Waals surface area contributed by atoms with Crippen LogP contribution < -0.4 is 5.73 Å². The van der Waals surface area contributed by atoms with Crippen LogP contribution in [0.5, 0.6) is 0 Å². The zero-order valence-corrected chi connectivity index (χ0v) is 13.1. The van der Waals surface area contributed by atoms with Crippen molar-refractivity contribution in [2.24, 2.45) is 5.73 Å². The lowest BCUT2D eigenvalue weighted by Gasteiger charge is -2.32. The summed E-state index contributed by atoms with van der Waals surface area (Å²) in [6.45, 7) is 10.3. The summed E-state index contributed by atoms with van der Waals surface area (Å²) >= 11 is 0. The Morgan fingerprint density at radius 1 is 1.24 bits per heavy atom. The fourth-order valence-corrected chi connectivity index (χ4v) is 3.50.